The van der Waals surface area contributed by atoms with Crippen LogP contribution in [-0.4, -0.2) is 24.3 Å². The Morgan fingerprint density at radius 3 is 3.25 bits per heavy atom. The Morgan fingerprint density at radius 2 is 2.50 bits per heavy atom. The molecule has 1 aliphatic heterocycles. The highest BCUT2D eigenvalue weighted by Crippen LogP contribution is 2.31. The summed E-state index contributed by atoms with van der Waals surface area (Å²) in [5.41, 5.74) is 1.09. The number of carboxylic acids is 1. The fourth-order valence-corrected chi connectivity index (χ4v) is 1.70. The summed E-state index contributed by atoms with van der Waals surface area (Å²) in [4.78, 5) is 10.8. The smallest absolute Gasteiger partial charge is 0.309 e. The molecule has 3 nitrogen and oxygen atoms in total. The number of ether oxygens (including phenoxy) is 1. The summed E-state index contributed by atoms with van der Waals surface area (Å²) in [7, 11) is 0. The average Bonchev–Trinajstić information content (AvgIpc) is 2.49. The lowest BCUT2D eigenvalue weighted by Gasteiger charge is -2.26. The molecule has 2 unspecified atom stereocenters. The van der Waals surface area contributed by atoms with Crippen LogP contribution in [0.1, 0.15) is 0 Å². The van der Waals surface area contributed by atoms with Gasteiger partial charge in [0.2, 0.25) is 0 Å². The number of hydrogen-bond acceptors (Lipinski definition) is 2. The number of allylic oxidation sites excluding steroid dienone is 3. The summed E-state index contributed by atoms with van der Waals surface area (Å²) in [6.45, 7) is 0.920. The predicted molar refractivity (Wildman–Crippen MR) is 42.7 cm³/mol. The third-order valence-corrected chi connectivity index (χ3v) is 2.37. The molecule has 1 saturated heterocycles. The second-order valence-corrected chi connectivity index (χ2v) is 3.11. The Balaban J connectivity index is 2.21. The Labute approximate surface area is 70.3 Å². The molecule has 1 N–H and O–H groups in total. The number of carboxylic acid groups (broad SMARTS) is 1. The van der Waals surface area contributed by atoms with Gasteiger partial charge in [-0.3, -0.25) is 4.79 Å². The van der Waals surface area contributed by atoms with E-state index in [2.05, 4.69) is 0 Å². The molecule has 1 fully saturated rings. The van der Waals surface area contributed by atoms with Crippen molar-refractivity contribution in [2.45, 2.75) is 0 Å². The molecule has 2 atom stereocenters. The molecule has 0 aromatic rings. The van der Waals surface area contributed by atoms with Gasteiger partial charge in [-0.1, -0.05) is 18.2 Å². The molecule has 12 heavy (non-hydrogen) atoms. The fourth-order valence-electron chi connectivity index (χ4n) is 1.70. The van der Waals surface area contributed by atoms with E-state index >= 15 is 0 Å². The topological polar surface area (TPSA) is 46.5 Å². The van der Waals surface area contributed by atoms with Crippen LogP contribution >= 0.6 is 0 Å². The van der Waals surface area contributed by atoms with Crippen LogP contribution in [0.5, 0.6) is 0 Å². The van der Waals surface area contributed by atoms with Gasteiger partial charge in [0.25, 0.3) is 0 Å². The molecule has 0 saturated carbocycles. The van der Waals surface area contributed by atoms with Crippen LogP contribution < -0.4 is 0 Å². The van der Waals surface area contributed by atoms with Crippen molar-refractivity contribution in [2.75, 3.05) is 13.2 Å². The van der Waals surface area contributed by atoms with Gasteiger partial charge in [0, 0.05) is 5.92 Å². The Hall–Kier alpha value is -1.09. The van der Waals surface area contributed by atoms with E-state index in [4.69, 9.17) is 9.84 Å². The molecule has 0 radical (unpaired) electrons. The lowest BCUT2D eigenvalue weighted by Crippen LogP contribution is -2.33. The zero-order valence-electron chi connectivity index (χ0n) is 6.56. The second kappa shape index (κ2) is 2.75. The van der Waals surface area contributed by atoms with Crippen LogP contribution in [0.15, 0.2) is 23.8 Å². The Morgan fingerprint density at radius 1 is 1.67 bits per heavy atom. The highest BCUT2D eigenvalue weighted by Gasteiger charge is 2.34. The molecule has 3 heteroatoms. The van der Waals surface area contributed by atoms with Crippen LogP contribution in [0.4, 0.5) is 0 Å². The van der Waals surface area contributed by atoms with Crippen molar-refractivity contribution >= 4 is 5.97 Å². The SMILES string of the molecule is O=C(O)C1COCC2=CC=CC21. The van der Waals surface area contributed by atoms with Gasteiger partial charge in [-0.2, -0.15) is 0 Å². The van der Waals surface area contributed by atoms with Crippen molar-refractivity contribution in [3.63, 3.8) is 0 Å². The zero-order valence-corrected chi connectivity index (χ0v) is 6.56. The van der Waals surface area contributed by atoms with Crippen molar-refractivity contribution in [2.24, 2.45) is 11.8 Å². The van der Waals surface area contributed by atoms with E-state index in [0.717, 1.165) is 5.57 Å². The first-order valence-corrected chi connectivity index (χ1v) is 3.97. The minimum Gasteiger partial charge on any atom is -0.481 e. The number of hydrogen-bond donors (Lipinski definition) is 1. The van der Waals surface area contributed by atoms with Crippen LogP contribution in [0.25, 0.3) is 0 Å². The van der Waals surface area contributed by atoms with Crippen molar-refractivity contribution in [1.29, 1.82) is 0 Å². The van der Waals surface area contributed by atoms with Gasteiger partial charge in [0.1, 0.15) is 0 Å². The first kappa shape index (κ1) is 7.55. The van der Waals surface area contributed by atoms with Gasteiger partial charge in [-0.15, -0.1) is 0 Å². The van der Waals surface area contributed by atoms with E-state index in [-0.39, 0.29) is 11.8 Å². The number of carbonyl (C=O) groups is 1. The van der Waals surface area contributed by atoms with Crippen molar-refractivity contribution in [3.8, 4) is 0 Å². The maximum absolute atomic E-state index is 10.8. The number of aliphatic carboxylic acids is 1. The summed E-state index contributed by atoms with van der Waals surface area (Å²) < 4.78 is 5.17. The number of fused-ring (bicyclic) bond motifs is 1. The van der Waals surface area contributed by atoms with Crippen molar-refractivity contribution in [3.05, 3.63) is 23.8 Å². The summed E-state index contributed by atoms with van der Waals surface area (Å²) in [6, 6.07) is 0. The summed E-state index contributed by atoms with van der Waals surface area (Å²) in [6.07, 6.45) is 5.79. The third-order valence-electron chi connectivity index (χ3n) is 2.37. The molecule has 0 bridgehead atoms. The predicted octanol–water partition coefficient (Wildman–Crippen LogP) is 0.830. The quantitative estimate of drug-likeness (QED) is 0.627. The number of rotatable bonds is 1. The minimum atomic E-state index is -0.767. The Kier molecular flexibility index (Phi) is 1.73. The average molecular weight is 166 g/mol. The zero-order chi connectivity index (χ0) is 8.55. The lowest BCUT2D eigenvalue weighted by molar-refractivity contribution is -0.146. The maximum atomic E-state index is 10.8. The van der Waals surface area contributed by atoms with Gasteiger partial charge in [-0.25, -0.2) is 0 Å². The molecule has 2 rings (SSSR count). The minimum absolute atomic E-state index is 0.0799. The fraction of sp³-hybridized carbons (Fsp3) is 0.444. The van der Waals surface area contributed by atoms with E-state index < -0.39 is 5.97 Å². The summed E-state index contributed by atoms with van der Waals surface area (Å²) >= 11 is 0. The first-order chi connectivity index (χ1) is 5.79. The van der Waals surface area contributed by atoms with E-state index in [1.54, 1.807) is 0 Å². The lowest BCUT2D eigenvalue weighted by atomic mass is 9.87. The van der Waals surface area contributed by atoms with Crippen LogP contribution in [-0.2, 0) is 9.53 Å². The van der Waals surface area contributed by atoms with E-state index in [9.17, 15) is 4.79 Å². The van der Waals surface area contributed by atoms with Crippen molar-refractivity contribution in [1.82, 2.24) is 0 Å². The monoisotopic (exact) mass is 166 g/mol. The second-order valence-electron chi connectivity index (χ2n) is 3.11. The van der Waals surface area contributed by atoms with E-state index in [1.807, 2.05) is 18.2 Å². The van der Waals surface area contributed by atoms with Crippen LogP contribution in [0, 0.1) is 11.8 Å². The van der Waals surface area contributed by atoms with Crippen LogP contribution in [0.2, 0.25) is 0 Å². The summed E-state index contributed by atoms with van der Waals surface area (Å²) in [5, 5.41) is 8.84. The molecule has 0 aromatic heterocycles. The van der Waals surface area contributed by atoms with E-state index in [1.165, 1.54) is 0 Å². The maximum Gasteiger partial charge on any atom is 0.309 e. The highest BCUT2D eigenvalue weighted by atomic mass is 16.5. The Bertz CT molecular complexity index is 265. The van der Waals surface area contributed by atoms with Gasteiger partial charge in [0.15, 0.2) is 0 Å². The third kappa shape index (κ3) is 1.06. The molecule has 1 aliphatic carbocycles. The van der Waals surface area contributed by atoms with Gasteiger partial charge in [0.05, 0.1) is 19.1 Å². The van der Waals surface area contributed by atoms with Gasteiger partial charge in [-0.05, 0) is 5.57 Å². The van der Waals surface area contributed by atoms with Gasteiger partial charge < -0.3 is 9.84 Å². The van der Waals surface area contributed by atoms with Crippen molar-refractivity contribution < 1.29 is 14.6 Å². The molecule has 1 heterocycles. The van der Waals surface area contributed by atoms with E-state index in [0.29, 0.717) is 13.2 Å². The normalized spacial score (nSPS) is 32.8. The molecular formula is C9H10O3. The molecule has 64 valence electrons. The molecule has 0 spiro atoms. The molecule has 2 aliphatic rings. The summed E-state index contributed by atoms with van der Waals surface area (Å²) in [5.74, 6) is -1.07. The van der Waals surface area contributed by atoms with Crippen LogP contribution in [0.3, 0.4) is 0 Å². The largest absolute Gasteiger partial charge is 0.481 e. The molecule has 0 aromatic carbocycles. The molecule has 0 amide bonds. The van der Waals surface area contributed by atoms with Gasteiger partial charge >= 0.3 is 5.97 Å². The molecular weight excluding hydrogens is 156 g/mol. The standard InChI is InChI=1S/C9H10O3/c10-9(11)8-5-12-4-6-2-1-3-7(6)8/h1-3,7-8H,4-5H2,(H,10,11). The highest BCUT2D eigenvalue weighted by molar-refractivity contribution is 5.72. The first-order valence-electron chi connectivity index (χ1n) is 3.97.